The van der Waals surface area contributed by atoms with Gasteiger partial charge in [-0.05, 0) is 6.07 Å². The van der Waals surface area contributed by atoms with Crippen LogP contribution in [-0.4, -0.2) is 36.5 Å². The molecule has 11 heteroatoms. The van der Waals surface area contributed by atoms with Crippen molar-refractivity contribution in [2.45, 2.75) is 12.7 Å². The SMILES string of the molecule is O=C(Nc1cnn(CC(F)(F)F)c1)c1nn2cccnc2c1Cl. The molecular formula is C12H8ClF3N6O. The molecule has 0 aliphatic heterocycles. The van der Waals surface area contributed by atoms with Crippen molar-refractivity contribution in [2.75, 3.05) is 5.32 Å². The number of rotatable bonds is 3. The minimum Gasteiger partial charge on any atom is -0.318 e. The van der Waals surface area contributed by atoms with Crippen LogP contribution >= 0.6 is 11.6 Å². The molecule has 0 fully saturated rings. The summed E-state index contributed by atoms with van der Waals surface area (Å²) in [6.07, 6.45) is 0.820. The maximum Gasteiger partial charge on any atom is 0.408 e. The third kappa shape index (κ3) is 3.26. The zero-order chi connectivity index (χ0) is 16.6. The fourth-order valence-corrected chi connectivity index (χ4v) is 2.15. The minimum absolute atomic E-state index is 0.0470. The average molecular weight is 345 g/mol. The Balaban J connectivity index is 1.80. The van der Waals surface area contributed by atoms with Crippen molar-refractivity contribution in [2.24, 2.45) is 0 Å². The second kappa shape index (κ2) is 5.54. The first-order valence-corrected chi connectivity index (χ1v) is 6.61. The van der Waals surface area contributed by atoms with E-state index in [-0.39, 0.29) is 16.4 Å². The molecule has 0 radical (unpaired) electrons. The molecule has 120 valence electrons. The monoisotopic (exact) mass is 344 g/mol. The maximum absolute atomic E-state index is 12.3. The minimum atomic E-state index is -4.40. The van der Waals surface area contributed by atoms with Crippen LogP contribution in [0.5, 0.6) is 0 Å². The highest BCUT2D eigenvalue weighted by Crippen LogP contribution is 2.21. The molecule has 0 aliphatic carbocycles. The molecule has 0 atom stereocenters. The van der Waals surface area contributed by atoms with Gasteiger partial charge >= 0.3 is 6.18 Å². The first-order chi connectivity index (χ1) is 10.8. The van der Waals surface area contributed by atoms with Crippen molar-refractivity contribution in [3.8, 4) is 0 Å². The molecule has 0 saturated heterocycles. The summed E-state index contributed by atoms with van der Waals surface area (Å²) in [4.78, 5) is 16.1. The summed E-state index contributed by atoms with van der Waals surface area (Å²) < 4.78 is 38.8. The molecule has 0 saturated carbocycles. The van der Waals surface area contributed by atoms with Gasteiger partial charge in [0.15, 0.2) is 11.3 Å². The van der Waals surface area contributed by atoms with E-state index in [0.29, 0.717) is 10.3 Å². The number of anilines is 1. The number of carbonyl (C=O) groups excluding carboxylic acids is 1. The number of halogens is 4. The lowest BCUT2D eigenvalue weighted by Gasteiger charge is -2.05. The molecule has 3 rings (SSSR count). The van der Waals surface area contributed by atoms with Crippen LogP contribution in [0.2, 0.25) is 5.02 Å². The molecule has 23 heavy (non-hydrogen) atoms. The Labute approximate surface area is 131 Å². The van der Waals surface area contributed by atoms with E-state index in [1.165, 1.54) is 10.7 Å². The highest BCUT2D eigenvalue weighted by molar-refractivity contribution is 6.37. The number of carbonyl (C=O) groups is 1. The summed E-state index contributed by atoms with van der Waals surface area (Å²) >= 11 is 6.03. The predicted molar refractivity (Wildman–Crippen MR) is 74.2 cm³/mol. The third-order valence-corrected chi connectivity index (χ3v) is 3.13. The fraction of sp³-hybridized carbons (Fsp3) is 0.167. The molecule has 7 nitrogen and oxygen atoms in total. The zero-order valence-electron chi connectivity index (χ0n) is 11.3. The van der Waals surface area contributed by atoms with Gasteiger partial charge in [-0.25, -0.2) is 9.50 Å². The lowest BCUT2D eigenvalue weighted by Crippen LogP contribution is -2.18. The van der Waals surface area contributed by atoms with Gasteiger partial charge in [-0.2, -0.15) is 23.4 Å². The summed E-state index contributed by atoms with van der Waals surface area (Å²) in [5, 5.41) is 9.94. The molecule has 3 aromatic heterocycles. The van der Waals surface area contributed by atoms with E-state index < -0.39 is 18.6 Å². The molecule has 1 amide bonds. The molecule has 0 bridgehead atoms. The van der Waals surface area contributed by atoms with Gasteiger partial charge < -0.3 is 5.32 Å². The van der Waals surface area contributed by atoms with E-state index in [1.54, 1.807) is 12.3 Å². The molecular weight excluding hydrogens is 337 g/mol. The number of amides is 1. The standard InChI is InChI=1S/C12H8ClF3N6O/c13-8-9(20-22-3-1-2-17-10(8)22)11(23)19-7-4-18-21(5-7)6-12(14,15)16/h1-5H,6H2,(H,19,23). The van der Waals surface area contributed by atoms with E-state index in [9.17, 15) is 18.0 Å². The van der Waals surface area contributed by atoms with E-state index in [4.69, 9.17) is 11.6 Å². The fourth-order valence-electron chi connectivity index (χ4n) is 1.89. The third-order valence-electron chi connectivity index (χ3n) is 2.79. The molecule has 1 N–H and O–H groups in total. The number of alkyl halides is 3. The highest BCUT2D eigenvalue weighted by Gasteiger charge is 2.28. The smallest absolute Gasteiger partial charge is 0.318 e. The largest absolute Gasteiger partial charge is 0.408 e. The Kier molecular flexibility index (Phi) is 3.68. The van der Waals surface area contributed by atoms with Crippen molar-refractivity contribution in [1.82, 2.24) is 24.4 Å². The zero-order valence-corrected chi connectivity index (χ0v) is 12.0. The number of aromatic nitrogens is 5. The van der Waals surface area contributed by atoms with Gasteiger partial charge in [0.1, 0.15) is 11.6 Å². The quantitative estimate of drug-likeness (QED) is 0.791. The van der Waals surface area contributed by atoms with Gasteiger partial charge in [0.2, 0.25) is 0 Å². The van der Waals surface area contributed by atoms with Gasteiger partial charge in [0.25, 0.3) is 5.91 Å². The van der Waals surface area contributed by atoms with Crippen molar-refractivity contribution in [3.63, 3.8) is 0 Å². The van der Waals surface area contributed by atoms with Crippen molar-refractivity contribution in [1.29, 1.82) is 0 Å². The first-order valence-electron chi connectivity index (χ1n) is 6.23. The topological polar surface area (TPSA) is 77.1 Å². The van der Waals surface area contributed by atoms with Crippen LogP contribution in [0.1, 0.15) is 10.5 Å². The number of hydrogen-bond donors (Lipinski definition) is 1. The summed E-state index contributed by atoms with van der Waals surface area (Å²) in [7, 11) is 0. The first kappa shape index (κ1) is 15.3. The van der Waals surface area contributed by atoms with Crippen LogP contribution in [0, 0.1) is 0 Å². The number of hydrogen-bond acceptors (Lipinski definition) is 4. The van der Waals surface area contributed by atoms with E-state index in [0.717, 1.165) is 12.4 Å². The summed E-state index contributed by atoms with van der Waals surface area (Å²) in [5.74, 6) is -0.674. The molecule has 0 aromatic carbocycles. The van der Waals surface area contributed by atoms with E-state index in [2.05, 4.69) is 20.5 Å². The second-order valence-electron chi connectivity index (χ2n) is 4.55. The Morgan fingerprint density at radius 2 is 2.17 bits per heavy atom. The molecule has 0 spiro atoms. The van der Waals surface area contributed by atoms with Crippen LogP contribution in [0.25, 0.3) is 5.65 Å². The van der Waals surface area contributed by atoms with Gasteiger partial charge in [0.05, 0.1) is 11.9 Å². The normalized spacial score (nSPS) is 11.8. The molecule has 0 unspecified atom stereocenters. The van der Waals surface area contributed by atoms with Crippen molar-refractivity contribution >= 4 is 28.8 Å². The van der Waals surface area contributed by atoms with Crippen LogP contribution in [0.15, 0.2) is 30.9 Å². The van der Waals surface area contributed by atoms with Crippen molar-refractivity contribution in [3.05, 3.63) is 41.6 Å². The Bertz CT molecular complexity index is 871. The number of nitrogens with one attached hydrogen (secondary N) is 1. The summed E-state index contributed by atoms with van der Waals surface area (Å²) in [6, 6.07) is 1.61. The van der Waals surface area contributed by atoms with Gasteiger partial charge in [-0.1, -0.05) is 11.6 Å². The van der Waals surface area contributed by atoms with Crippen LogP contribution in [-0.2, 0) is 6.54 Å². The highest BCUT2D eigenvalue weighted by atomic mass is 35.5. The van der Waals surface area contributed by atoms with Gasteiger partial charge in [-0.3, -0.25) is 9.48 Å². The van der Waals surface area contributed by atoms with Crippen LogP contribution in [0.4, 0.5) is 18.9 Å². The van der Waals surface area contributed by atoms with Gasteiger partial charge in [-0.15, -0.1) is 0 Å². The molecule has 3 aromatic rings. The molecule has 3 heterocycles. The van der Waals surface area contributed by atoms with E-state index in [1.807, 2.05) is 0 Å². The number of nitrogens with zero attached hydrogens (tertiary/aromatic N) is 5. The Hall–Kier alpha value is -2.62. The Morgan fingerprint density at radius 1 is 1.39 bits per heavy atom. The van der Waals surface area contributed by atoms with E-state index >= 15 is 0 Å². The van der Waals surface area contributed by atoms with Crippen LogP contribution in [0.3, 0.4) is 0 Å². The van der Waals surface area contributed by atoms with Gasteiger partial charge in [0, 0.05) is 18.6 Å². The molecule has 0 aliphatic rings. The number of fused-ring (bicyclic) bond motifs is 1. The second-order valence-corrected chi connectivity index (χ2v) is 4.92. The summed E-state index contributed by atoms with van der Waals surface area (Å²) in [5.41, 5.74) is 0.307. The average Bonchev–Trinajstić information content (AvgIpc) is 3.02. The lowest BCUT2D eigenvalue weighted by atomic mass is 10.4. The van der Waals surface area contributed by atoms with Crippen molar-refractivity contribution < 1.29 is 18.0 Å². The van der Waals surface area contributed by atoms with Crippen LogP contribution < -0.4 is 5.32 Å². The Morgan fingerprint density at radius 3 is 2.87 bits per heavy atom. The lowest BCUT2D eigenvalue weighted by molar-refractivity contribution is -0.142. The maximum atomic E-state index is 12.3. The predicted octanol–water partition coefficient (Wildman–Crippen LogP) is 2.39. The summed E-state index contributed by atoms with van der Waals surface area (Å²) in [6.45, 7) is -1.25.